The molecule has 8 heteroatoms. The summed E-state index contributed by atoms with van der Waals surface area (Å²) in [6.45, 7) is 7.47. The van der Waals surface area contributed by atoms with Crippen molar-refractivity contribution < 1.29 is 9.53 Å². The molecule has 1 aromatic carbocycles. The summed E-state index contributed by atoms with van der Waals surface area (Å²) in [4.78, 5) is 13.6. The summed E-state index contributed by atoms with van der Waals surface area (Å²) in [6, 6.07) is 9.81. The summed E-state index contributed by atoms with van der Waals surface area (Å²) in [5, 5.41) is 11.8. The summed E-state index contributed by atoms with van der Waals surface area (Å²) in [5.74, 6) is -0.390. The van der Waals surface area contributed by atoms with Crippen LogP contribution in [0.2, 0.25) is 0 Å². The Morgan fingerprint density at radius 2 is 2.00 bits per heavy atom. The average molecular weight is 429 g/mol. The Kier molecular flexibility index (Phi) is 6.66. The van der Waals surface area contributed by atoms with E-state index in [1.165, 1.54) is 18.4 Å². The molecule has 6 nitrogen and oxygen atoms in total. The van der Waals surface area contributed by atoms with Gasteiger partial charge in [0.15, 0.2) is 5.11 Å². The number of thiophene rings is 1. The Morgan fingerprint density at radius 1 is 1.28 bits per heavy atom. The van der Waals surface area contributed by atoms with Gasteiger partial charge >= 0.3 is 5.97 Å². The number of aromatic nitrogens is 2. The molecular formula is C21H24N4O2S2. The summed E-state index contributed by atoms with van der Waals surface area (Å²) in [7, 11) is 1.39. The number of nitrogens with one attached hydrogen (secondary N) is 2. The maximum atomic E-state index is 12.6. The number of hydrogen-bond donors (Lipinski definition) is 2. The van der Waals surface area contributed by atoms with E-state index in [2.05, 4.69) is 22.7 Å². The zero-order valence-electron chi connectivity index (χ0n) is 16.9. The Hall–Kier alpha value is -2.71. The number of aryl methyl sites for hydroxylation is 2. The van der Waals surface area contributed by atoms with Gasteiger partial charge in [-0.25, -0.2) is 4.79 Å². The Morgan fingerprint density at radius 3 is 2.62 bits per heavy atom. The van der Waals surface area contributed by atoms with Crippen molar-refractivity contribution in [1.82, 2.24) is 15.1 Å². The van der Waals surface area contributed by atoms with Gasteiger partial charge in [0.2, 0.25) is 0 Å². The second kappa shape index (κ2) is 9.19. The molecule has 29 heavy (non-hydrogen) atoms. The van der Waals surface area contributed by atoms with Gasteiger partial charge in [0.1, 0.15) is 10.6 Å². The van der Waals surface area contributed by atoms with E-state index >= 15 is 0 Å². The maximum Gasteiger partial charge on any atom is 0.341 e. The lowest BCUT2D eigenvalue weighted by atomic mass is 10.0. The van der Waals surface area contributed by atoms with Crippen LogP contribution in [0.4, 0.5) is 5.00 Å². The van der Waals surface area contributed by atoms with Crippen molar-refractivity contribution in [3.63, 3.8) is 0 Å². The molecule has 0 radical (unpaired) electrons. The molecule has 0 spiro atoms. The molecule has 0 saturated heterocycles. The monoisotopic (exact) mass is 428 g/mol. The number of nitrogens with zero attached hydrogens (tertiary/aromatic N) is 2. The van der Waals surface area contributed by atoms with Crippen LogP contribution in [-0.2, 0) is 17.8 Å². The Balaban J connectivity index is 1.82. The molecule has 152 valence electrons. The molecule has 0 unspecified atom stereocenters. The molecule has 0 aliphatic heterocycles. The number of ether oxygens (including phenoxy) is 1. The first-order valence-electron chi connectivity index (χ1n) is 9.29. The van der Waals surface area contributed by atoms with E-state index in [4.69, 9.17) is 17.0 Å². The van der Waals surface area contributed by atoms with E-state index in [1.807, 2.05) is 55.1 Å². The average Bonchev–Trinajstić information content (AvgIpc) is 3.25. The second-order valence-electron chi connectivity index (χ2n) is 6.47. The van der Waals surface area contributed by atoms with Gasteiger partial charge in [-0.1, -0.05) is 30.3 Å². The van der Waals surface area contributed by atoms with Crippen LogP contribution in [0.1, 0.15) is 33.4 Å². The first-order chi connectivity index (χ1) is 14.0. The number of esters is 1. The van der Waals surface area contributed by atoms with Crippen LogP contribution in [0, 0.1) is 13.8 Å². The Labute approximate surface area is 179 Å². The van der Waals surface area contributed by atoms with Gasteiger partial charge in [-0.3, -0.25) is 4.68 Å². The molecule has 2 N–H and O–H groups in total. The summed E-state index contributed by atoms with van der Waals surface area (Å²) < 4.78 is 6.99. The molecule has 0 aliphatic rings. The predicted octanol–water partition coefficient (Wildman–Crippen LogP) is 4.52. The number of benzene rings is 1. The van der Waals surface area contributed by atoms with Gasteiger partial charge in [0.25, 0.3) is 0 Å². The van der Waals surface area contributed by atoms with Crippen LogP contribution < -0.4 is 10.6 Å². The molecule has 0 bridgehead atoms. The molecule has 3 rings (SSSR count). The van der Waals surface area contributed by atoms with E-state index in [0.717, 1.165) is 33.8 Å². The third-order valence-electron chi connectivity index (χ3n) is 4.71. The van der Waals surface area contributed by atoms with E-state index in [1.54, 1.807) is 0 Å². The minimum absolute atomic E-state index is 0.390. The fourth-order valence-electron chi connectivity index (χ4n) is 3.18. The quantitative estimate of drug-likeness (QED) is 0.444. The molecule has 0 fully saturated rings. The number of thiocarbonyl (C=S) groups is 1. The zero-order valence-corrected chi connectivity index (χ0v) is 18.5. The van der Waals surface area contributed by atoms with Gasteiger partial charge < -0.3 is 15.4 Å². The molecule has 2 aromatic heterocycles. The first kappa shape index (κ1) is 21.0. The van der Waals surface area contributed by atoms with Crippen LogP contribution in [0.15, 0.2) is 36.5 Å². The van der Waals surface area contributed by atoms with Crippen molar-refractivity contribution in [2.75, 3.05) is 12.4 Å². The highest BCUT2D eigenvalue weighted by molar-refractivity contribution is 7.80. The molecule has 2 heterocycles. The summed E-state index contributed by atoms with van der Waals surface area (Å²) in [6.07, 6.45) is 1.84. The van der Waals surface area contributed by atoms with E-state index in [9.17, 15) is 4.79 Å². The molecule has 0 atom stereocenters. The van der Waals surface area contributed by atoms with Gasteiger partial charge in [-0.2, -0.15) is 5.10 Å². The molecule has 3 aromatic rings. The lowest BCUT2D eigenvalue weighted by Gasteiger charge is -2.11. The SMILES string of the molecule is CCn1ncc(CNC(=S)Nc2sc(C)c(-c3ccccc3)c2C(=O)OC)c1C. The maximum absolute atomic E-state index is 12.6. The minimum atomic E-state index is -0.390. The predicted molar refractivity (Wildman–Crippen MR) is 122 cm³/mol. The highest BCUT2D eigenvalue weighted by Gasteiger charge is 2.24. The minimum Gasteiger partial charge on any atom is -0.465 e. The smallest absolute Gasteiger partial charge is 0.341 e. The van der Waals surface area contributed by atoms with Gasteiger partial charge in [0, 0.05) is 34.8 Å². The molecular weight excluding hydrogens is 404 g/mol. The third-order valence-corrected chi connectivity index (χ3v) is 5.97. The number of carbonyl (C=O) groups excluding carboxylic acids is 1. The topological polar surface area (TPSA) is 68.2 Å². The molecule has 0 amide bonds. The fraction of sp³-hybridized carbons (Fsp3) is 0.286. The van der Waals surface area contributed by atoms with Crippen molar-refractivity contribution in [1.29, 1.82) is 0 Å². The van der Waals surface area contributed by atoms with Crippen LogP contribution in [0.3, 0.4) is 0 Å². The van der Waals surface area contributed by atoms with E-state index in [-0.39, 0.29) is 0 Å². The van der Waals surface area contributed by atoms with Crippen LogP contribution in [0.25, 0.3) is 11.1 Å². The lowest BCUT2D eigenvalue weighted by molar-refractivity contribution is 0.0603. The van der Waals surface area contributed by atoms with Gasteiger partial charge in [-0.15, -0.1) is 11.3 Å². The first-order valence-corrected chi connectivity index (χ1v) is 10.5. The second-order valence-corrected chi connectivity index (χ2v) is 8.11. The number of methoxy groups -OCH3 is 1. The van der Waals surface area contributed by atoms with Crippen molar-refractivity contribution in [3.05, 3.63) is 58.2 Å². The number of carbonyl (C=O) groups is 1. The largest absolute Gasteiger partial charge is 0.465 e. The van der Waals surface area contributed by atoms with Crippen molar-refractivity contribution >= 4 is 39.6 Å². The number of hydrogen-bond acceptors (Lipinski definition) is 5. The third kappa shape index (κ3) is 4.49. The number of rotatable bonds is 6. The van der Waals surface area contributed by atoms with Gasteiger partial charge in [0.05, 0.1) is 13.3 Å². The summed E-state index contributed by atoms with van der Waals surface area (Å²) in [5.41, 5.74) is 4.53. The van der Waals surface area contributed by atoms with Crippen LogP contribution in [0.5, 0.6) is 0 Å². The zero-order chi connectivity index (χ0) is 21.0. The van der Waals surface area contributed by atoms with Crippen LogP contribution in [-0.4, -0.2) is 28.0 Å². The van der Waals surface area contributed by atoms with E-state index < -0.39 is 5.97 Å². The lowest BCUT2D eigenvalue weighted by Crippen LogP contribution is -2.28. The van der Waals surface area contributed by atoms with Crippen molar-refractivity contribution in [3.8, 4) is 11.1 Å². The summed E-state index contributed by atoms with van der Waals surface area (Å²) >= 11 is 6.95. The van der Waals surface area contributed by atoms with Crippen molar-refractivity contribution in [2.45, 2.75) is 33.9 Å². The molecule has 0 saturated carbocycles. The number of anilines is 1. The van der Waals surface area contributed by atoms with E-state index in [0.29, 0.717) is 22.2 Å². The highest BCUT2D eigenvalue weighted by atomic mass is 32.1. The highest BCUT2D eigenvalue weighted by Crippen LogP contribution is 2.40. The standard InChI is InChI=1S/C21H24N4O2S2/c1-5-25-13(2)16(12-23-25)11-22-21(28)24-19-18(20(26)27-4)17(14(3)29-19)15-9-7-6-8-10-15/h6-10,12H,5,11H2,1-4H3,(H2,22,24,28). The fourth-order valence-corrected chi connectivity index (χ4v) is 4.49. The van der Waals surface area contributed by atoms with Crippen LogP contribution >= 0.6 is 23.6 Å². The molecule has 0 aliphatic carbocycles. The Bertz CT molecular complexity index is 1020. The van der Waals surface area contributed by atoms with Crippen molar-refractivity contribution in [2.24, 2.45) is 0 Å². The normalized spacial score (nSPS) is 10.6. The van der Waals surface area contributed by atoms with Gasteiger partial charge in [-0.05, 0) is 38.6 Å².